The SMILES string of the molecule is CS(=O)(=O)c1ccc(Oc2cc3cnn(C4CCNCC4)c3cn2)cc1. The average Bonchev–Trinajstić information content (AvgIpc) is 3.05. The van der Waals surface area contributed by atoms with E-state index < -0.39 is 9.84 Å². The minimum absolute atomic E-state index is 0.261. The fourth-order valence-corrected chi connectivity index (χ4v) is 3.83. The molecule has 26 heavy (non-hydrogen) atoms. The van der Waals surface area contributed by atoms with Crippen LogP contribution in [0.15, 0.2) is 47.6 Å². The van der Waals surface area contributed by atoms with Gasteiger partial charge in [-0.3, -0.25) is 4.68 Å². The third kappa shape index (κ3) is 3.42. The predicted molar refractivity (Wildman–Crippen MR) is 98.3 cm³/mol. The molecule has 0 saturated carbocycles. The van der Waals surface area contributed by atoms with E-state index in [2.05, 4.69) is 15.4 Å². The summed E-state index contributed by atoms with van der Waals surface area (Å²) in [4.78, 5) is 4.64. The molecule has 1 fully saturated rings. The average molecular weight is 372 g/mol. The van der Waals surface area contributed by atoms with E-state index in [0.717, 1.165) is 36.8 Å². The second-order valence-corrected chi connectivity index (χ2v) is 8.51. The van der Waals surface area contributed by atoms with Gasteiger partial charge >= 0.3 is 0 Å². The number of rotatable bonds is 4. The van der Waals surface area contributed by atoms with Crippen molar-refractivity contribution in [2.45, 2.75) is 23.8 Å². The smallest absolute Gasteiger partial charge is 0.219 e. The Morgan fingerprint density at radius 3 is 2.58 bits per heavy atom. The van der Waals surface area contributed by atoms with Crippen LogP contribution in [0.4, 0.5) is 0 Å². The van der Waals surface area contributed by atoms with Crippen LogP contribution in [0, 0.1) is 0 Å². The lowest BCUT2D eigenvalue weighted by atomic mass is 10.1. The van der Waals surface area contributed by atoms with E-state index in [4.69, 9.17) is 4.74 Å². The molecule has 0 atom stereocenters. The number of pyridine rings is 1. The first-order chi connectivity index (χ1) is 12.5. The Kier molecular flexibility index (Phi) is 4.37. The van der Waals surface area contributed by atoms with Crippen LogP contribution in [0.25, 0.3) is 10.9 Å². The molecule has 4 rings (SSSR count). The van der Waals surface area contributed by atoms with Gasteiger partial charge in [0.15, 0.2) is 9.84 Å². The molecular weight excluding hydrogens is 352 g/mol. The van der Waals surface area contributed by atoms with Crippen LogP contribution < -0.4 is 10.1 Å². The zero-order valence-electron chi connectivity index (χ0n) is 14.4. The van der Waals surface area contributed by atoms with Crippen molar-refractivity contribution in [3.63, 3.8) is 0 Å². The first-order valence-electron chi connectivity index (χ1n) is 8.53. The lowest BCUT2D eigenvalue weighted by Gasteiger charge is -2.23. The van der Waals surface area contributed by atoms with E-state index in [-0.39, 0.29) is 4.90 Å². The summed E-state index contributed by atoms with van der Waals surface area (Å²) >= 11 is 0. The van der Waals surface area contributed by atoms with E-state index in [1.807, 2.05) is 16.9 Å². The molecule has 1 aromatic carbocycles. The van der Waals surface area contributed by atoms with Crippen molar-refractivity contribution in [2.75, 3.05) is 19.3 Å². The molecule has 0 aliphatic carbocycles. The summed E-state index contributed by atoms with van der Waals surface area (Å²) < 4.78 is 30.8. The topological polar surface area (TPSA) is 86.1 Å². The van der Waals surface area contributed by atoms with Gasteiger partial charge in [0.1, 0.15) is 5.75 Å². The molecule has 0 radical (unpaired) electrons. The maximum atomic E-state index is 11.5. The Labute approximate surface area is 151 Å². The molecule has 0 amide bonds. The summed E-state index contributed by atoms with van der Waals surface area (Å²) in [6, 6.07) is 8.55. The highest BCUT2D eigenvalue weighted by molar-refractivity contribution is 7.90. The number of benzene rings is 1. The molecule has 3 aromatic rings. The highest BCUT2D eigenvalue weighted by Gasteiger charge is 2.18. The van der Waals surface area contributed by atoms with Crippen LogP contribution in [0.3, 0.4) is 0 Å². The Hall–Kier alpha value is -2.45. The molecule has 1 saturated heterocycles. The monoisotopic (exact) mass is 372 g/mol. The number of ether oxygens (including phenoxy) is 1. The Morgan fingerprint density at radius 2 is 1.88 bits per heavy atom. The highest BCUT2D eigenvalue weighted by Crippen LogP contribution is 2.27. The molecular formula is C18H20N4O3S. The molecule has 0 bridgehead atoms. The van der Waals surface area contributed by atoms with Gasteiger partial charge in [0.2, 0.25) is 5.88 Å². The summed E-state index contributed by atoms with van der Waals surface area (Å²) in [5, 5.41) is 8.87. The van der Waals surface area contributed by atoms with Crippen molar-refractivity contribution in [1.82, 2.24) is 20.1 Å². The van der Waals surface area contributed by atoms with Crippen molar-refractivity contribution in [1.29, 1.82) is 0 Å². The summed E-state index contributed by atoms with van der Waals surface area (Å²) in [5.41, 5.74) is 0.997. The van der Waals surface area contributed by atoms with Crippen molar-refractivity contribution in [2.24, 2.45) is 0 Å². The number of aromatic nitrogens is 3. The number of hydrogen-bond donors (Lipinski definition) is 1. The van der Waals surface area contributed by atoms with E-state index in [1.54, 1.807) is 18.3 Å². The molecule has 1 aliphatic heterocycles. The molecule has 0 spiro atoms. The number of fused-ring (bicyclic) bond motifs is 1. The number of sulfone groups is 1. The minimum Gasteiger partial charge on any atom is -0.439 e. The molecule has 8 heteroatoms. The van der Waals surface area contributed by atoms with Gasteiger partial charge in [0.05, 0.1) is 28.8 Å². The predicted octanol–water partition coefficient (Wildman–Crippen LogP) is 2.55. The maximum absolute atomic E-state index is 11.5. The van der Waals surface area contributed by atoms with Gasteiger partial charge in [0, 0.05) is 17.7 Å². The first-order valence-corrected chi connectivity index (χ1v) is 10.4. The Morgan fingerprint density at radius 1 is 1.15 bits per heavy atom. The summed E-state index contributed by atoms with van der Waals surface area (Å²) in [7, 11) is -3.22. The quantitative estimate of drug-likeness (QED) is 0.757. The molecule has 2 aromatic heterocycles. The summed E-state index contributed by atoms with van der Waals surface area (Å²) in [6.07, 6.45) is 6.91. The third-order valence-electron chi connectivity index (χ3n) is 4.59. The number of piperidine rings is 1. The van der Waals surface area contributed by atoms with E-state index in [0.29, 0.717) is 17.7 Å². The van der Waals surface area contributed by atoms with Gasteiger partial charge in [-0.15, -0.1) is 0 Å². The molecule has 1 aliphatic rings. The standard InChI is InChI=1S/C18H20N4O3S/c1-26(23,24)16-4-2-15(3-5-16)25-18-10-13-11-21-22(17(13)12-20-18)14-6-8-19-9-7-14/h2-5,10-12,14,19H,6-9H2,1H3. The van der Waals surface area contributed by atoms with E-state index >= 15 is 0 Å². The van der Waals surface area contributed by atoms with Gasteiger partial charge in [-0.25, -0.2) is 13.4 Å². The van der Waals surface area contributed by atoms with Crippen LogP contribution in [0.2, 0.25) is 0 Å². The zero-order valence-corrected chi connectivity index (χ0v) is 15.2. The molecule has 136 valence electrons. The van der Waals surface area contributed by atoms with Gasteiger partial charge in [-0.2, -0.15) is 5.10 Å². The lowest BCUT2D eigenvalue weighted by Crippen LogP contribution is -2.29. The van der Waals surface area contributed by atoms with Crippen LogP contribution in [-0.2, 0) is 9.84 Å². The second-order valence-electron chi connectivity index (χ2n) is 6.50. The van der Waals surface area contributed by atoms with Crippen LogP contribution >= 0.6 is 0 Å². The molecule has 7 nitrogen and oxygen atoms in total. The summed E-state index contributed by atoms with van der Waals surface area (Å²) in [5.74, 6) is 0.990. The number of hydrogen-bond acceptors (Lipinski definition) is 6. The van der Waals surface area contributed by atoms with Crippen molar-refractivity contribution < 1.29 is 13.2 Å². The number of nitrogens with one attached hydrogen (secondary N) is 1. The van der Waals surface area contributed by atoms with Crippen LogP contribution in [0.1, 0.15) is 18.9 Å². The Bertz CT molecular complexity index is 1020. The maximum Gasteiger partial charge on any atom is 0.219 e. The van der Waals surface area contributed by atoms with Gasteiger partial charge in [-0.1, -0.05) is 0 Å². The fraction of sp³-hybridized carbons (Fsp3) is 0.333. The minimum atomic E-state index is -3.22. The van der Waals surface area contributed by atoms with E-state index in [1.165, 1.54) is 18.4 Å². The zero-order chi connectivity index (χ0) is 18.1. The fourth-order valence-electron chi connectivity index (χ4n) is 3.20. The van der Waals surface area contributed by atoms with Crippen LogP contribution in [0.5, 0.6) is 11.6 Å². The van der Waals surface area contributed by atoms with Gasteiger partial charge in [-0.05, 0) is 50.2 Å². The first kappa shape index (κ1) is 17.0. The molecule has 0 unspecified atom stereocenters. The second kappa shape index (κ2) is 6.69. The number of nitrogens with zero attached hydrogens (tertiary/aromatic N) is 3. The molecule has 3 heterocycles. The largest absolute Gasteiger partial charge is 0.439 e. The van der Waals surface area contributed by atoms with Crippen molar-refractivity contribution in [3.05, 3.63) is 42.7 Å². The Balaban J connectivity index is 1.56. The van der Waals surface area contributed by atoms with E-state index in [9.17, 15) is 8.42 Å². The lowest BCUT2D eigenvalue weighted by molar-refractivity contribution is 0.351. The van der Waals surface area contributed by atoms with Gasteiger partial charge < -0.3 is 10.1 Å². The van der Waals surface area contributed by atoms with Crippen molar-refractivity contribution in [3.8, 4) is 11.6 Å². The molecule has 1 N–H and O–H groups in total. The van der Waals surface area contributed by atoms with Gasteiger partial charge in [0.25, 0.3) is 0 Å². The van der Waals surface area contributed by atoms with Crippen LogP contribution in [-0.4, -0.2) is 42.5 Å². The van der Waals surface area contributed by atoms with Crippen molar-refractivity contribution >= 4 is 20.7 Å². The normalized spacial score (nSPS) is 16.0. The highest BCUT2D eigenvalue weighted by atomic mass is 32.2. The summed E-state index contributed by atoms with van der Waals surface area (Å²) in [6.45, 7) is 2.01. The third-order valence-corrected chi connectivity index (χ3v) is 5.71.